The van der Waals surface area contributed by atoms with Crippen molar-refractivity contribution >= 4 is 22.8 Å². The lowest BCUT2D eigenvalue weighted by molar-refractivity contribution is 0.384. The molecule has 134 valence electrons. The van der Waals surface area contributed by atoms with Crippen molar-refractivity contribution in [2.75, 3.05) is 36.5 Å². The van der Waals surface area contributed by atoms with E-state index in [0.29, 0.717) is 23.5 Å². The molecule has 3 aromatic heterocycles. The van der Waals surface area contributed by atoms with Gasteiger partial charge in [0.15, 0.2) is 11.5 Å². The maximum Gasteiger partial charge on any atom is 0.218 e. The van der Waals surface area contributed by atoms with E-state index in [1.165, 1.54) is 6.42 Å². The van der Waals surface area contributed by atoms with Crippen LogP contribution in [0.2, 0.25) is 0 Å². The van der Waals surface area contributed by atoms with Gasteiger partial charge in [0.2, 0.25) is 5.88 Å². The number of nitrogens with one attached hydrogen (secondary N) is 1. The molecule has 0 aliphatic carbocycles. The molecule has 2 aliphatic heterocycles. The van der Waals surface area contributed by atoms with Crippen molar-refractivity contribution in [2.45, 2.75) is 18.9 Å². The zero-order chi connectivity index (χ0) is 17.5. The van der Waals surface area contributed by atoms with Gasteiger partial charge < -0.3 is 19.5 Å². The summed E-state index contributed by atoms with van der Waals surface area (Å²) >= 11 is 0. The number of rotatable bonds is 3. The van der Waals surface area contributed by atoms with E-state index in [1.807, 2.05) is 6.07 Å². The first kappa shape index (κ1) is 15.3. The van der Waals surface area contributed by atoms with Crippen LogP contribution in [0.1, 0.15) is 12.8 Å². The first-order valence-electron chi connectivity index (χ1n) is 8.85. The van der Waals surface area contributed by atoms with E-state index in [-0.39, 0.29) is 0 Å². The van der Waals surface area contributed by atoms with Gasteiger partial charge in [-0.15, -0.1) is 0 Å². The molecule has 2 saturated heterocycles. The number of aromatic nitrogens is 6. The van der Waals surface area contributed by atoms with Gasteiger partial charge in [-0.2, -0.15) is 0 Å². The van der Waals surface area contributed by atoms with Crippen molar-refractivity contribution in [2.24, 2.45) is 5.92 Å². The van der Waals surface area contributed by atoms with Gasteiger partial charge in [-0.05, 0) is 18.8 Å². The minimum Gasteiger partial charge on any atom is -0.481 e. The molecular formula is C17H20N8O. The summed E-state index contributed by atoms with van der Waals surface area (Å²) in [5.74, 6) is 3.12. The Morgan fingerprint density at radius 1 is 1.08 bits per heavy atom. The third-order valence-corrected chi connectivity index (χ3v) is 5.50. The maximum absolute atomic E-state index is 5.25. The average Bonchev–Trinajstić information content (AvgIpc) is 3.34. The molecule has 0 radical (unpaired) electrons. The zero-order valence-electron chi connectivity index (χ0n) is 14.5. The minimum absolute atomic E-state index is 0.395. The lowest BCUT2D eigenvalue weighted by atomic mass is 9.92. The Bertz CT molecular complexity index is 928. The molecule has 0 bridgehead atoms. The molecule has 2 fully saturated rings. The summed E-state index contributed by atoms with van der Waals surface area (Å²) in [5.41, 5.74) is 1.63. The van der Waals surface area contributed by atoms with Crippen LogP contribution in [0.25, 0.3) is 11.2 Å². The Kier molecular flexibility index (Phi) is 3.58. The standard InChI is InChI=1S/C17H20N8O/c1-26-14-6-13(18-8-19-14)24-4-2-11-3-5-25(12(11)7-24)17-15-16(21-9-20-15)22-10-23-17/h6,8-12H,2-5,7H2,1H3,(H,20,21,22,23). The molecule has 2 unspecified atom stereocenters. The lowest BCUT2D eigenvalue weighted by Gasteiger charge is -2.39. The lowest BCUT2D eigenvalue weighted by Crippen LogP contribution is -2.49. The summed E-state index contributed by atoms with van der Waals surface area (Å²) in [4.78, 5) is 29.5. The zero-order valence-corrected chi connectivity index (χ0v) is 14.5. The number of ether oxygens (including phenoxy) is 1. The van der Waals surface area contributed by atoms with Crippen LogP contribution in [0.15, 0.2) is 25.0 Å². The first-order valence-corrected chi connectivity index (χ1v) is 8.85. The van der Waals surface area contributed by atoms with Gasteiger partial charge in [-0.25, -0.2) is 24.9 Å². The van der Waals surface area contributed by atoms with Crippen molar-refractivity contribution in [3.05, 3.63) is 25.0 Å². The summed E-state index contributed by atoms with van der Waals surface area (Å²) in [7, 11) is 1.63. The second-order valence-corrected chi connectivity index (χ2v) is 6.76. The Labute approximate surface area is 150 Å². The summed E-state index contributed by atoms with van der Waals surface area (Å²) in [6.07, 6.45) is 7.17. The monoisotopic (exact) mass is 352 g/mol. The van der Waals surface area contributed by atoms with E-state index < -0.39 is 0 Å². The summed E-state index contributed by atoms with van der Waals surface area (Å²) < 4.78 is 5.25. The van der Waals surface area contributed by atoms with Crippen LogP contribution in [0.4, 0.5) is 11.6 Å². The molecule has 0 spiro atoms. The van der Waals surface area contributed by atoms with E-state index in [9.17, 15) is 0 Å². The van der Waals surface area contributed by atoms with E-state index in [1.54, 1.807) is 26.1 Å². The molecule has 3 aromatic rings. The second-order valence-electron chi connectivity index (χ2n) is 6.76. The van der Waals surface area contributed by atoms with Crippen LogP contribution in [0.3, 0.4) is 0 Å². The van der Waals surface area contributed by atoms with E-state index in [4.69, 9.17) is 4.74 Å². The molecule has 0 saturated carbocycles. The number of imidazole rings is 1. The molecule has 0 aromatic carbocycles. The Morgan fingerprint density at radius 3 is 2.88 bits per heavy atom. The summed E-state index contributed by atoms with van der Waals surface area (Å²) in [5, 5.41) is 0. The number of aromatic amines is 1. The first-order chi connectivity index (χ1) is 12.8. The fourth-order valence-electron chi connectivity index (χ4n) is 4.20. The number of H-pyrrole nitrogens is 1. The fourth-order valence-corrected chi connectivity index (χ4v) is 4.20. The number of anilines is 2. The van der Waals surface area contributed by atoms with Crippen LogP contribution in [-0.4, -0.2) is 62.7 Å². The summed E-state index contributed by atoms with van der Waals surface area (Å²) in [6, 6.07) is 2.29. The topological polar surface area (TPSA) is 96.0 Å². The van der Waals surface area contributed by atoms with Crippen LogP contribution in [0.5, 0.6) is 5.88 Å². The SMILES string of the molecule is COc1cc(N2CCC3CCN(c4ncnc5nc[nH]c45)C3C2)ncn1. The molecular weight excluding hydrogens is 332 g/mol. The van der Waals surface area contributed by atoms with E-state index in [0.717, 1.165) is 43.2 Å². The van der Waals surface area contributed by atoms with Crippen molar-refractivity contribution in [1.82, 2.24) is 29.9 Å². The van der Waals surface area contributed by atoms with Crippen LogP contribution in [0, 0.1) is 5.92 Å². The molecule has 0 amide bonds. The number of nitrogens with zero attached hydrogens (tertiary/aromatic N) is 7. The summed E-state index contributed by atoms with van der Waals surface area (Å²) in [6.45, 7) is 2.91. The van der Waals surface area contributed by atoms with Gasteiger partial charge in [0.05, 0.1) is 19.5 Å². The Morgan fingerprint density at radius 2 is 1.96 bits per heavy atom. The molecule has 9 heteroatoms. The number of piperidine rings is 1. The number of methoxy groups -OCH3 is 1. The third kappa shape index (κ3) is 2.42. The quantitative estimate of drug-likeness (QED) is 0.752. The molecule has 26 heavy (non-hydrogen) atoms. The molecule has 9 nitrogen and oxygen atoms in total. The predicted molar refractivity (Wildman–Crippen MR) is 96.3 cm³/mol. The van der Waals surface area contributed by atoms with Gasteiger partial charge in [0.25, 0.3) is 0 Å². The highest BCUT2D eigenvalue weighted by atomic mass is 16.5. The maximum atomic E-state index is 5.25. The number of fused-ring (bicyclic) bond motifs is 2. The van der Waals surface area contributed by atoms with Gasteiger partial charge in [-0.3, -0.25) is 0 Å². The average molecular weight is 352 g/mol. The van der Waals surface area contributed by atoms with Gasteiger partial charge in [0.1, 0.15) is 24.0 Å². The largest absolute Gasteiger partial charge is 0.481 e. The van der Waals surface area contributed by atoms with Gasteiger partial charge in [0, 0.05) is 25.7 Å². The highest BCUT2D eigenvalue weighted by Crippen LogP contribution is 2.37. The number of hydrogen-bond donors (Lipinski definition) is 1. The van der Waals surface area contributed by atoms with Crippen molar-refractivity contribution in [3.63, 3.8) is 0 Å². The van der Waals surface area contributed by atoms with E-state index in [2.05, 4.69) is 39.7 Å². The van der Waals surface area contributed by atoms with Gasteiger partial charge in [-0.1, -0.05) is 0 Å². The van der Waals surface area contributed by atoms with Crippen LogP contribution in [-0.2, 0) is 0 Å². The molecule has 2 aliphatic rings. The van der Waals surface area contributed by atoms with E-state index >= 15 is 0 Å². The molecule has 2 atom stereocenters. The molecule has 5 heterocycles. The normalized spacial score (nSPS) is 22.7. The van der Waals surface area contributed by atoms with Crippen molar-refractivity contribution < 1.29 is 4.74 Å². The Hall–Kier alpha value is -2.97. The molecule has 5 rings (SSSR count). The molecule has 1 N–H and O–H groups in total. The Balaban J connectivity index is 1.45. The number of hydrogen-bond acceptors (Lipinski definition) is 8. The van der Waals surface area contributed by atoms with Crippen LogP contribution >= 0.6 is 0 Å². The second kappa shape index (κ2) is 6.08. The highest BCUT2D eigenvalue weighted by Gasteiger charge is 2.40. The van der Waals surface area contributed by atoms with Crippen molar-refractivity contribution in [1.29, 1.82) is 0 Å². The smallest absolute Gasteiger partial charge is 0.218 e. The fraction of sp³-hybridized carbons (Fsp3) is 0.471. The predicted octanol–water partition coefficient (Wildman–Crippen LogP) is 1.26. The van der Waals surface area contributed by atoms with Crippen molar-refractivity contribution in [3.8, 4) is 5.88 Å². The highest BCUT2D eigenvalue weighted by molar-refractivity contribution is 5.83. The van der Waals surface area contributed by atoms with Crippen LogP contribution < -0.4 is 14.5 Å². The minimum atomic E-state index is 0.395. The third-order valence-electron chi connectivity index (χ3n) is 5.50. The van der Waals surface area contributed by atoms with Gasteiger partial charge >= 0.3 is 0 Å².